The van der Waals surface area contributed by atoms with Gasteiger partial charge < -0.3 is 24.8 Å². The first-order valence-electron chi connectivity index (χ1n) is 12.2. The number of likely N-dealkylation sites (N-methyl/N-ethyl adjacent to an activating group) is 1. The minimum Gasteiger partial charge on any atom is -0.440 e. The molecule has 0 saturated heterocycles. The normalized spacial score (nSPS) is 18.2. The fraction of sp³-hybridized carbons (Fsp3) is 0.276. The van der Waals surface area contributed by atoms with E-state index in [4.69, 9.17) is 10.5 Å². The highest BCUT2D eigenvalue weighted by Crippen LogP contribution is 2.54. The van der Waals surface area contributed by atoms with Crippen LogP contribution in [0.2, 0.25) is 0 Å². The van der Waals surface area contributed by atoms with E-state index >= 15 is 0 Å². The summed E-state index contributed by atoms with van der Waals surface area (Å²) in [5.74, 6) is -0.345. The molecule has 0 saturated carbocycles. The zero-order valence-electron chi connectivity index (χ0n) is 21.4. The number of benzene rings is 2. The van der Waals surface area contributed by atoms with Crippen LogP contribution >= 0.6 is 0 Å². The number of hydrogen-bond donors (Lipinski definition) is 1. The Labute approximate surface area is 215 Å². The summed E-state index contributed by atoms with van der Waals surface area (Å²) in [7, 11) is 3.86. The second-order valence-corrected chi connectivity index (χ2v) is 9.82. The molecule has 0 fully saturated rings. The van der Waals surface area contributed by atoms with Crippen LogP contribution in [-0.2, 0) is 23.3 Å². The largest absolute Gasteiger partial charge is 0.440 e. The van der Waals surface area contributed by atoms with E-state index in [9.17, 15) is 14.9 Å². The molecule has 0 radical (unpaired) electrons. The number of carbonyl (C=O) groups is 1. The molecule has 3 heterocycles. The van der Waals surface area contributed by atoms with Gasteiger partial charge in [0.2, 0.25) is 11.8 Å². The number of aromatic nitrogens is 1. The van der Waals surface area contributed by atoms with E-state index in [0.29, 0.717) is 36.6 Å². The van der Waals surface area contributed by atoms with Crippen LogP contribution in [0.15, 0.2) is 70.8 Å². The Morgan fingerprint density at radius 3 is 2.49 bits per heavy atom. The van der Waals surface area contributed by atoms with Crippen LogP contribution in [0.25, 0.3) is 0 Å². The van der Waals surface area contributed by atoms with Gasteiger partial charge in [0.25, 0.3) is 5.56 Å². The van der Waals surface area contributed by atoms with E-state index < -0.39 is 5.41 Å². The number of fused-ring (bicyclic) bond motifs is 4. The van der Waals surface area contributed by atoms with Gasteiger partial charge in [0.1, 0.15) is 17.4 Å². The topological polar surface area (TPSA) is 105 Å². The van der Waals surface area contributed by atoms with Gasteiger partial charge in [0, 0.05) is 36.1 Å². The maximum atomic E-state index is 14.6. The third kappa shape index (κ3) is 3.54. The first-order chi connectivity index (χ1) is 17.7. The Bertz CT molecular complexity index is 1560. The summed E-state index contributed by atoms with van der Waals surface area (Å²) >= 11 is 0. The molecule has 0 aliphatic carbocycles. The molecule has 1 unspecified atom stereocenters. The molecule has 8 nitrogen and oxygen atoms in total. The van der Waals surface area contributed by atoms with Crippen molar-refractivity contribution in [2.24, 2.45) is 5.73 Å². The summed E-state index contributed by atoms with van der Waals surface area (Å²) in [6.45, 7) is 5.15. The Balaban J connectivity index is 1.81. The summed E-state index contributed by atoms with van der Waals surface area (Å²) in [5.41, 5.74) is 8.18. The highest BCUT2D eigenvalue weighted by Gasteiger charge is 2.60. The molecule has 1 aromatic heterocycles. The van der Waals surface area contributed by atoms with Crippen molar-refractivity contribution in [3.8, 4) is 11.8 Å². The van der Waals surface area contributed by atoms with Gasteiger partial charge in [-0.25, -0.2) is 0 Å². The lowest BCUT2D eigenvalue weighted by Gasteiger charge is -2.34. The predicted octanol–water partition coefficient (Wildman–Crippen LogP) is 2.95. The minimum atomic E-state index is -1.70. The molecule has 2 aliphatic heterocycles. The molecule has 0 bridgehead atoms. The lowest BCUT2D eigenvalue weighted by molar-refractivity contribution is -0.121. The van der Waals surface area contributed by atoms with Crippen molar-refractivity contribution >= 4 is 11.6 Å². The summed E-state index contributed by atoms with van der Waals surface area (Å²) < 4.78 is 7.48. The summed E-state index contributed by atoms with van der Waals surface area (Å²) in [4.78, 5) is 32.4. The first kappa shape index (κ1) is 24.3. The van der Waals surface area contributed by atoms with Crippen molar-refractivity contribution in [3.05, 3.63) is 104 Å². The second kappa shape index (κ2) is 8.95. The molecule has 2 aromatic carbocycles. The smallest absolute Gasteiger partial charge is 0.259 e. The van der Waals surface area contributed by atoms with Crippen LogP contribution in [0, 0.1) is 25.2 Å². The summed E-state index contributed by atoms with van der Waals surface area (Å²) in [6, 6.07) is 19.0. The number of rotatable bonds is 5. The molecular formula is C29H29N5O3. The van der Waals surface area contributed by atoms with Crippen molar-refractivity contribution in [2.45, 2.75) is 32.4 Å². The van der Waals surface area contributed by atoms with Gasteiger partial charge in [-0.3, -0.25) is 9.59 Å². The van der Waals surface area contributed by atoms with Crippen molar-refractivity contribution < 1.29 is 9.53 Å². The Hall–Kier alpha value is -4.35. The Morgan fingerprint density at radius 2 is 1.78 bits per heavy atom. The quantitative estimate of drug-likeness (QED) is 0.584. The van der Waals surface area contributed by atoms with Crippen LogP contribution in [0.1, 0.15) is 27.9 Å². The number of nitriles is 1. The molecule has 2 aliphatic rings. The van der Waals surface area contributed by atoms with Crippen LogP contribution in [-0.4, -0.2) is 36.0 Å². The van der Waals surface area contributed by atoms with Gasteiger partial charge in [-0.2, -0.15) is 5.26 Å². The van der Waals surface area contributed by atoms with Crippen LogP contribution in [0.5, 0.6) is 5.75 Å². The van der Waals surface area contributed by atoms with Crippen molar-refractivity contribution in [1.82, 2.24) is 9.47 Å². The maximum Gasteiger partial charge on any atom is 0.259 e. The van der Waals surface area contributed by atoms with Crippen LogP contribution in [0.3, 0.4) is 0 Å². The highest BCUT2D eigenvalue weighted by molar-refractivity contribution is 6.14. The van der Waals surface area contributed by atoms with Crippen molar-refractivity contribution in [1.29, 1.82) is 5.26 Å². The van der Waals surface area contributed by atoms with Gasteiger partial charge in [-0.15, -0.1) is 0 Å². The molecule has 1 atom stereocenters. The van der Waals surface area contributed by atoms with E-state index in [1.807, 2.05) is 75.3 Å². The monoisotopic (exact) mass is 495 g/mol. The number of nitrogens with zero attached hydrogens (tertiary/aromatic N) is 4. The number of nitrogens with two attached hydrogens (primary N) is 1. The van der Waals surface area contributed by atoms with E-state index in [0.717, 1.165) is 11.1 Å². The van der Waals surface area contributed by atoms with E-state index in [1.165, 1.54) is 0 Å². The van der Waals surface area contributed by atoms with Crippen molar-refractivity contribution in [2.75, 3.05) is 25.5 Å². The van der Waals surface area contributed by atoms with Gasteiger partial charge in [-0.05, 0) is 45.1 Å². The van der Waals surface area contributed by atoms with Gasteiger partial charge in [0.15, 0.2) is 5.41 Å². The second-order valence-electron chi connectivity index (χ2n) is 9.82. The average molecular weight is 496 g/mol. The lowest BCUT2D eigenvalue weighted by atomic mass is 9.69. The van der Waals surface area contributed by atoms with Crippen LogP contribution < -0.4 is 20.9 Å². The molecule has 188 valence electrons. The molecule has 1 amide bonds. The Kier molecular flexibility index (Phi) is 5.89. The number of ether oxygens (including phenoxy) is 1. The maximum absolute atomic E-state index is 14.6. The molecule has 5 rings (SSSR count). The number of pyridine rings is 1. The SMILES string of the molecule is Cc1ccccc1CN1C(=O)C2(C(C#N)=C(N)Oc3cc(C)n(CCN(C)C)c(=O)c32)c2ccccc21. The Morgan fingerprint density at radius 1 is 1.08 bits per heavy atom. The number of carbonyl (C=O) groups excluding carboxylic acids is 1. The summed E-state index contributed by atoms with van der Waals surface area (Å²) in [5, 5.41) is 10.3. The molecule has 8 heteroatoms. The van der Waals surface area contributed by atoms with E-state index in [1.54, 1.807) is 21.6 Å². The number of anilines is 1. The number of hydrogen-bond acceptors (Lipinski definition) is 6. The molecular weight excluding hydrogens is 466 g/mol. The van der Waals surface area contributed by atoms with E-state index in [-0.39, 0.29) is 34.2 Å². The number of amides is 1. The number of aryl methyl sites for hydroxylation is 2. The molecule has 37 heavy (non-hydrogen) atoms. The fourth-order valence-electron chi connectivity index (χ4n) is 5.41. The van der Waals surface area contributed by atoms with Gasteiger partial charge in [-0.1, -0.05) is 42.5 Å². The molecule has 2 N–H and O–H groups in total. The predicted molar refractivity (Wildman–Crippen MR) is 141 cm³/mol. The van der Waals surface area contributed by atoms with Crippen molar-refractivity contribution in [3.63, 3.8) is 0 Å². The third-order valence-electron chi connectivity index (χ3n) is 7.32. The first-order valence-corrected chi connectivity index (χ1v) is 12.2. The molecule has 3 aromatic rings. The zero-order valence-corrected chi connectivity index (χ0v) is 21.4. The average Bonchev–Trinajstić information content (AvgIpc) is 3.08. The third-order valence-corrected chi connectivity index (χ3v) is 7.32. The van der Waals surface area contributed by atoms with E-state index in [2.05, 4.69) is 6.07 Å². The fourth-order valence-corrected chi connectivity index (χ4v) is 5.41. The van der Waals surface area contributed by atoms with Gasteiger partial charge >= 0.3 is 0 Å². The van der Waals surface area contributed by atoms with Gasteiger partial charge in [0.05, 0.1) is 12.1 Å². The standard InChI is InChI=1S/C29H29N5O3/c1-18-9-5-6-10-20(18)17-34-23-12-8-7-11-21(23)29(28(34)36)22(16-30)26(31)37-24-15-19(2)33(14-13-32(3)4)27(35)25(24)29/h5-12,15H,13-14,17,31H2,1-4H3. The number of para-hydroxylation sites is 1. The van der Waals surface area contributed by atoms with Crippen LogP contribution in [0.4, 0.5) is 5.69 Å². The molecule has 1 spiro atoms. The highest BCUT2D eigenvalue weighted by atomic mass is 16.5. The summed E-state index contributed by atoms with van der Waals surface area (Å²) in [6.07, 6.45) is 0. The minimum absolute atomic E-state index is 0.0650. The lowest BCUT2D eigenvalue weighted by Crippen LogP contribution is -2.50. The zero-order chi connectivity index (χ0) is 26.5.